The molecule has 0 aliphatic carbocycles. The van der Waals surface area contributed by atoms with E-state index in [0.717, 1.165) is 38.8 Å². The van der Waals surface area contributed by atoms with Crippen molar-refractivity contribution in [2.24, 2.45) is 0 Å². The number of nitriles is 1. The molecule has 0 fully saturated rings. The Morgan fingerprint density at radius 3 is 1.88 bits per heavy atom. The van der Waals surface area contributed by atoms with Gasteiger partial charge < -0.3 is 4.42 Å². The van der Waals surface area contributed by atoms with Crippen LogP contribution in [-0.2, 0) is 0 Å². The third-order valence-corrected chi connectivity index (χ3v) is 14.7. The van der Waals surface area contributed by atoms with Crippen LogP contribution >= 0.6 is 0 Å². The fourth-order valence-electron chi connectivity index (χ4n) is 7.48. The minimum atomic E-state index is -1.86. The number of hydrogen-bond donors (Lipinski definition) is 0. The predicted octanol–water partition coefficient (Wildman–Crippen LogP) is 12.6. The third-order valence-electron chi connectivity index (χ3n) is 10.4. The second-order valence-corrected chi connectivity index (χ2v) is 26.2. The molecule has 0 radical (unpaired) electrons. The molecule has 0 aliphatic rings. The van der Waals surface area contributed by atoms with Gasteiger partial charge in [0.2, 0.25) is 0 Å². The molecule has 5 heteroatoms. The van der Waals surface area contributed by atoms with Crippen molar-refractivity contribution in [1.29, 1.82) is 5.26 Å². The number of furan rings is 1. The molecule has 52 heavy (non-hydrogen) atoms. The average molecular weight is 738 g/mol. The molecule has 2 aromatic heterocycles. The molecule has 0 aliphatic heterocycles. The Morgan fingerprint density at radius 1 is 0.654 bits per heavy atom. The first-order chi connectivity index (χ1) is 25.0. The van der Waals surface area contributed by atoms with Crippen LogP contribution in [-0.4, -0.2) is 22.8 Å². The standard InChI is InChI=1S/C47H43GeN3O/c1-29(2)40-26-35(34-18-16-32(17-19-34)33-20-22-36(23-21-33)48(5,6)7)27-41(30(3)4)45(40)51-43-14-9-8-13-42(43)50-47(51)39-12-10-11-38-37-24-15-31(28-49)25-44(37)52-46(38)39/h8-27,29-30H,1-7H3. The van der Waals surface area contributed by atoms with E-state index in [1.54, 1.807) is 0 Å². The van der Waals surface area contributed by atoms with E-state index in [0.29, 0.717) is 11.1 Å². The molecule has 8 rings (SSSR count). The van der Waals surface area contributed by atoms with Gasteiger partial charge in [-0.25, -0.2) is 4.98 Å². The summed E-state index contributed by atoms with van der Waals surface area (Å²) in [6.45, 7) is 9.14. The molecule has 2 heterocycles. The minimum Gasteiger partial charge on any atom is -0.455 e. The summed E-state index contributed by atoms with van der Waals surface area (Å²) in [5.74, 6) is 8.66. The summed E-state index contributed by atoms with van der Waals surface area (Å²) in [6.07, 6.45) is 0. The summed E-state index contributed by atoms with van der Waals surface area (Å²) in [4.78, 5) is 5.31. The van der Waals surface area contributed by atoms with E-state index in [9.17, 15) is 5.26 Å². The molecule has 6 aromatic carbocycles. The van der Waals surface area contributed by atoms with Gasteiger partial charge in [-0.05, 0) is 36.4 Å². The zero-order chi connectivity index (χ0) is 36.3. The Bertz CT molecular complexity index is 2630. The molecule has 0 atom stereocenters. The molecule has 0 spiro atoms. The Kier molecular flexibility index (Phi) is 8.43. The van der Waals surface area contributed by atoms with Crippen molar-refractivity contribution in [1.82, 2.24) is 9.55 Å². The summed E-state index contributed by atoms with van der Waals surface area (Å²) in [7, 11) is 0. The summed E-state index contributed by atoms with van der Waals surface area (Å²) < 4.78 is 10.4. The number of rotatable bonds is 7. The van der Waals surface area contributed by atoms with Crippen molar-refractivity contribution >= 4 is 50.6 Å². The van der Waals surface area contributed by atoms with Gasteiger partial charge in [-0.2, -0.15) is 5.26 Å². The molecule has 0 unspecified atom stereocenters. The van der Waals surface area contributed by atoms with Gasteiger partial charge in [0, 0.05) is 10.8 Å². The maximum absolute atomic E-state index is 9.57. The minimum absolute atomic E-state index is 0.248. The van der Waals surface area contributed by atoms with Crippen molar-refractivity contribution < 1.29 is 4.42 Å². The van der Waals surface area contributed by atoms with Gasteiger partial charge >= 0.3 is 146 Å². The van der Waals surface area contributed by atoms with Crippen LogP contribution < -0.4 is 4.40 Å². The van der Waals surface area contributed by atoms with Crippen LogP contribution in [0.1, 0.15) is 56.2 Å². The van der Waals surface area contributed by atoms with Crippen molar-refractivity contribution in [3.05, 3.63) is 138 Å². The second-order valence-electron chi connectivity index (χ2n) is 15.6. The fourth-order valence-corrected chi connectivity index (χ4v) is 9.93. The van der Waals surface area contributed by atoms with E-state index in [2.05, 4.69) is 159 Å². The van der Waals surface area contributed by atoms with Gasteiger partial charge in [0.25, 0.3) is 0 Å². The Hall–Kier alpha value is -5.38. The first-order valence-electron chi connectivity index (χ1n) is 18.2. The first kappa shape index (κ1) is 33.7. The molecule has 0 N–H and O–H groups in total. The summed E-state index contributed by atoms with van der Waals surface area (Å²) >= 11 is -1.86. The number of fused-ring (bicyclic) bond motifs is 4. The molecular formula is C47H43GeN3O. The van der Waals surface area contributed by atoms with Crippen LogP contribution in [0.5, 0.6) is 0 Å². The molecule has 0 bridgehead atoms. The van der Waals surface area contributed by atoms with Gasteiger partial charge in [0.1, 0.15) is 17.0 Å². The number of nitrogens with zero attached hydrogens (tertiary/aromatic N) is 3. The van der Waals surface area contributed by atoms with Crippen molar-refractivity contribution in [2.45, 2.75) is 56.8 Å². The molecule has 8 aromatic rings. The normalized spacial score (nSPS) is 12.1. The summed E-state index contributed by atoms with van der Waals surface area (Å²) in [6, 6.07) is 45.6. The molecule has 4 nitrogen and oxygen atoms in total. The van der Waals surface area contributed by atoms with Crippen LogP contribution in [0, 0.1) is 11.3 Å². The number of hydrogen-bond acceptors (Lipinski definition) is 3. The smallest absolute Gasteiger partial charge is 0.455 e. The second kappa shape index (κ2) is 13.0. The summed E-state index contributed by atoms with van der Waals surface area (Å²) in [5.41, 5.74) is 13.6. The van der Waals surface area contributed by atoms with Crippen LogP contribution in [0.3, 0.4) is 0 Å². The molecule has 0 saturated heterocycles. The van der Waals surface area contributed by atoms with Gasteiger partial charge in [-0.3, -0.25) is 4.57 Å². The number of benzene rings is 6. The fraction of sp³-hybridized carbons (Fsp3) is 0.191. The van der Waals surface area contributed by atoms with E-state index in [-0.39, 0.29) is 11.8 Å². The van der Waals surface area contributed by atoms with Gasteiger partial charge in [-0.1, -0.05) is 52.0 Å². The van der Waals surface area contributed by atoms with Crippen molar-refractivity contribution in [3.8, 4) is 45.4 Å². The zero-order valence-corrected chi connectivity index (χ0v) is 33.0. The predicted molar refractivity (Wildman–Crippen MR) is 221 cm³/mol. The van der Waals surface area contributed by atoms with E-state index >= 15 is 0 Å². The maximum atomic E-state index is 9.57. The van der Waals surface area contributed by atoms with Crippen LogP contribution in [0.25, 0.3) is 72.3 Å². The van der Waals surface area contributed by atoms with Crippen LogP contribution in [0.2, 0.25) is 17.3 Å². The molecular weight excluding hydrogens is 695 g/mol. The van der Waals surface area contributed by atoms with Crippen LogP contribution in [0.4, 0.5) is 0 Å². The van der Waals surface area contributed by atoms with E-state index in [1.165, 1.54) is 43.5 Å². The van der Waals surface area contributed by atoms with E-state index in [1.807, 2.05) is 18.2 Å². The quantitative estimate of drug-likeness (QED) is 0.153. The third kappa shape index (κ3) is 5.84. The Balaban J connectivity index is 1.31. The Labute approximate surface area is 308 Å². The molecule has 0 saturated carbocycles. The monoisotopic (exact) mass is 739 g/mol. The van der Waals surface area contributed by atoms with Gasteiger partial charge in [0.05, 0.1) is 28.2 Å². The number of para-hydroxylation sites is 3. The van der Waals surface area contributed by atoms with Gasteiger partial charge in [-0.15, -0.1) is 0 Å². The first-order valence-corrected chi connectivity index (χ1v) is 25.6. The Morgan fingerprint density at radius 2 is 1.27 bits per heavy atom. The molecule has 256 valence electrons. The zero-order valence-electron chi connectivity index (χ0n) is 31.0. The van der Waals surface area contributed by atoms with E-state index < -0.39 is 13.3 Å². The van der Waals surface area contributed by atoms with Gasteiger partial charge in [0.15, 0.2) is 0 Å². The number of aromatic nitrogens is 2. The van der Waals surface area contributed by atoms with Crippen molar-refractivity contribution in [3.63, 3.8) is 0 Å². The average Bonchev–Trinajstić information content (AvgIpc) is 3.72. The van der Waals surface area contributed by atoms with E-state index in [4.69, 9.17) is 9.40 Å². The summed E-state index contributed by atoms with van der Waals surface area (Å²) in [5, 5.41) is 11.6. The molecule has 0 amide bonds. The number of imidazole rings is 1. The topological polar surface area (TPSA) is 54.8 Å². The SMILES string of the molecule is CC(C)c1cc(-c2ccc(-c3cc[c]([Ge]([CH3])([CH3])[CH3])cc3)cc2)cc(C(C)C)c1-n1c(-c2cccc3c2oc2cc(C#N)ccc23)nc2ccccc21. The van der Waals surface area contributed by atoms with Crippen molar-refractivity contribution in [2.75, 3.05) is 0 Å². The van der Waals surface area contributed by atoms with Crippen LogP contribution in [0.15, 0.2) is 126 Å².